The highest BCUT2D eigenvalue weighted by Crippen LogP contribution is 2.19. The molecule has 0 saturated heterocycles. The monoisotopic (exact) mass is 368 g/mol. The van der Waals surface area contributed by atoms with Crippen LogP contribution in [0.15, 0.2) is 41.6 Å². The number of carbonyl (C=O) groups is 1. The van der Waals surface area contributed by atoms with Crippen LogP contribution in [0.5, 0.6) is 0 Å². The summed E-state index contributed by atoms with van der Waals surface area (Å²) in [7, 11) is -2.00. The van der Waals surface area contributed by atoms with Crippen LogP contribution in [0.4, 0.5) is 4.39 Å². The summed E-state index contributed by atoms with van der Waals surface area (Å²) < 4.78 is 41.0. The van der Waals surface area contributed by atoms with E-state index < -0.39 is 22.6 Å². The SMILES string of the molecule is CCN(Cc1nccn1C)S(=O)(=O)c1cccc(C(=O)NCCF)c1. The number of hydrogen-bond acceptors (Lipinski definition) is 4. The van der Waals surface area contributed by atoms with Gasteiger partial charge >= 0.3 is 0 Å². The number of imidazole rings is 1. The van der Waals surface area contributed by atoms with Crippen molar-refractivity contribution in [2.45, 2.75) is 18.4 Å². The molecule has 136 valence electrons. The van der Waals surface area contributed by atoms with Crippen molar-refractivity contribution in [2.75, 3.05) is 19.8 Å². The number of benzene rings is 1. The molecule has 1 N–H and O–H groups in total. The van der Waals surface area contributed by atoms with E-state index in [0.29, 0.717) is 5.82 Å². The summed E-state index contributed by atoms with van der Waals surface area (Å²) in [5.74, 6) is 0.101. The van der Waals surface area contributed by atoms with Crippen LogP contribution in [0.1, 0.15) is 23.1 Å². The average molecular weight is 368 g/mol. The lowest BCUT2D eigenvalue weighted by Crippen LogP contribution is -2.32. The molecule has 1 heterocycles. The number of sulfonamides is 1. The Labute approximate surface area is 146 Å². The highest BCUT2D eigenvalue weighted by atomic mass is 32.2. The lowest BCUT2D eigenvalue weighted by atomic mass is 10.2. The second kappa shape index (κ2) is 8.21. The Balaban J connectivity index is 2.28. The minimum Gasteiger partial charge on any atom is -0.349 e. The molecule has 1 amide bonds. The first-order chi connectivity index (χ1) is 11.9. The molecule has 0 aliphatic carbocycles. The fourth-order valence-corrected chi connectivity index (χ4v) is 3.73. The van der Waals surface area contributed by atoms with Gasteiger partial charge in [-0.05, 0) is 18.2 Å². The standard InChI is InChI=1S/C16H21FN4O3S/c1-3-21(12-15-18-9-10-20(15)2)25(23,24)14-6-4-5-13(11-14)16(22)19-8-7-17/h4-6,9-11H,3,7-8,12H2,1-2H3,(H,19,22). The molecule has 1 aromatic carbocycles. The highest BCUT2D eigenvalue weighted by Gasteiger charge is 2.25. The number of amides is 1. The summed E-state index contributed by atoms with van der Waals surface area (Å²) >= 11 is 0. The van der Waals surface area contributed by atoms with Crippen molar-refractivity contribution in [1.29, 1.82) is 0 Å². The molecule has 2 rings (SSSR count). The van der Waals surface area contributed by atoms with Crippen LogP contribution in [0.3, 0.4) is 0 Å². The first kappa shape index (κ1) is 19.1. The third-order valence-electron chi connectivity index (χ3n) is 3.71. The molecular formula is C16H21FN4O3S. The zero-order valence-corrected chi connectivity index (χ0v) is 15.0. The minimum atomic E-state index is -3.79. The molecule has 9 heteroatoms. The van der Waals surface area contributed by atoms with Gasteiger partial charge in [-0.3, -0.25) is 4.79 Å². The van der Waals surface area contributed by atoms with Gasteiger partial charge in [0.2, 0.25) is 10.0 Å². The lowest BCUT2D eigenvalue weighted by molar-refractivity contribution is 0.0950. The first-order valence-corrected chi connectivity index (χ1v) is 9.24. The van der Waals surface area contributed by atoms with Gasteiger partial charge in [0, 0.05) is 38.1 Å². The van der Waals surface area contributed by atoms with E-state index in [2.05, 4.69) is 10.3 Å². The summed E-state index contributed by atoms with van der Waals surface area (Å²) in [5, 5.41) is 2.38. The van der Waals surface area contributed by atoms with Gasteiger partial charge in [-0.25, -0.2) is 17.8 Å². The Kier molecular flexibility index (Phi) is 6.27. The lowest BCUT2D eigenvalue weighted by Gasteiger charge is -2.20. The maximum atomic E-state index is 12.9. The van der Waals surface area contributed by atoms with Crippen molar-refractivity contribution >= 4 is 15.9 Å². The normalized spacial score (nSPS) is 11.7. The molecular weight excluding hydrogens is 347 g/mol. The first-order valence-electron chi connectivity index (χ1n) is 7.80. The largest absolute Gasteiger partial charge is 0.349 e. The molecule has 0 spiro atoms. The van der Waals surface area contributed by atoms with Gasteiger partial charge in [0.1, 0.15) is 12.5 Å². The molecule has 2 aromatic rings. The van der Waals surface area contributed by atoms with Crippen molar-refractivity contribution in [1.82, 2.24) is 19.2 Å². The number of alkyl halides is 1. The van der Waals surface area contributed by atoms with E-state index in [1.54, 1.807) is 30.9 Å². The van der Waals surface area contributed by atoms with E-state index in [0.717, 1.165) is 0 Å². The smallest absolute Gasteiger partial charge is 0.251 e. The predicted molar refractivity (Wildman–Crippen MR) is 91.2 cm³/mol. The Morgan fingerprint density at radius 1 is 1.40 bits per heavy atom. The molecule has 0 radical (unpaired) electrons. The third-order valence-corrected chi connectivity index (χ3v) is 5.62. The van der Waals surface area contributed by atoms with E-state index >= 15 is 0 Å². The molecule has 25 heavy (non-hydrogen) atoms. The van der Waals surface area contributed by atoms with Crippen LogP contribution < -0.4 is 5.32 Å². The van der Waals surface area contributed by atoms with Gasteiger partial charge < -0.3 is 9.88 Å². The van der Waals surface area contributed by atoms with Gasteiger partial charge in [-0.15, -0.1) is 0 Å². The molecule has 0 aliphatic rings. The summed E-state index contributed by atoms with van der Waals surface area (Å²) in [4.78, 5) is 16.1. The number of nitrogens with zero attached hydrogens (tertiary/aromatic N) is 3. The number of halogens is 1. The van der Waals surface area contributed by atoms with E-state index in [-0.39, 0.29) is 30.1 Å². The molecule has 0 aliphatic heterocycles. The molecule has 1 aromatic heterocycles. The quantitative estimate of drug-likeness (QED) is 0.762. The van der Waals surface area contributed by atoms with Crippen LogP contribution >= 0.6 is 0 Å². The van der Waals surface area contributed by atoms with Gasteiger partial charge in [-0.1, -0.05) is 13.0 Å². The molecule has 0 atom stereocenters. The Morgan fingerprint density at radius 2 is 2.16 bits per heavy atom. The van der Waals surface area contributed by atoms with Crippen molar-refractivity contribution in [3.8, 4) is 0 Å². The zero-order valence-electron chi connectivity index (χ0n) is 14.1. The fourth-order valence-electron chi connectivity index (χ4n) is 2.28. The maximum Gasteiger partial charge on any atom is 0.251 e. The molecule has 0 fully saturated rings. The second-order valence-electron chi connectivity index (χ2n) is 5.36. The van der Waals surface area contributed by atoms with Crippen molar-refractivity contribution in [2.24, 2.45) is 7.05 Å². The zero-order chi connectivity index (χ0) is 18.4. The maximum absolute atomic E-state index is 12.9. The highest BCUT2D eigenvalue weighted by molar-refractivity contribution is 7.89. The van der Waals surface area contributed by atoms with Gasteiger partial charge in [-0.2, -0.15) is 4.31 Å². The van der Waals surface area contributed by atoms with Crippen molar-refractivity contribution in [3.63, 3.8) is 0 Å². The number of hydrogen-bond donors (Lipinski definition) is 1. The summed E-state index contributed by atoms with van der Waals surface area (Å²) in [5.41, 5.74) is 0.169. The van der Waals surface area contributed by atoms with Crippen molar-refractivity contribution < 1.29 is 17.6 Å². The van der Waals surface area contributed by atoms with Crippen LogP contribution in [0, 0.1) is 0 Å². The van der Waals surface area contributed by atoms with Crippen molar-refractivity contribution in [3.05, 3.63) is 48.0 Å². The van der Waals surface area contributed by atoms with Gasteiger partial charge in [0.05, 0.1) is 11.4 Å². The van der Waals surface area contributed by atoms with E-state index in [1.807, 2.05) is 0 Å². The van der Waals surface area contributed by atoms with Gasteiger partial charge in [0.25, 0.3) is 5.91 Å². The number of aryl methyl sites for hydroxylation is 1. The van der Waals surface area contributed by atoms with Crippen LogP contribution in [-0.4, -0.2) is 47.9 Å². The number of aromatic nitrogens is 2. The molecule has 0 saturated carbocycles. The molecule has 0 unspecified atom stereocenters. The van der Waals surface area contributed by atoms with Crippen LogP contribution in [0.2, 0.25) is 0 Å². The predicted octanol–water partition coefficient (Wildman–Crippen LogP) is 1.33. The Hall–Kier alpha value is -2.26. The second-order valence-corrected chi connectivity index (χ2v) is 7.30. The Morgan fingerprint density at radius 3 is 2.76 bits per heavy atom. The molecule has 7 nitrogen and oxygen atoms in total. The topological polar surface area (TPSA) is 84.3 Å². The van der Waals surface area contributed by atoms with Gasteiger partial charge in [0.15, 0.2) is 0 Å². The summed E-state index contributed by atoms with van der Waals surface area (Å²) in [6.07, 6.45) is 3.34. The fraction of sp³-hybridized carbons (Fsp3) is 0.375. The number of rotatable bonds is 8. The van der Waals surface area contributed by atoms with E-state index in [4.69, 9.17) is 0 Å². The summed E-state index contributed by atoms with van der Waals surface area (Å²) in [6.45, 7) is 1.32. The number of nitrogens with one attached hydrogen (secondary N) is 1. The average Bonchev–Trinajstić information content (AvgIpc) is 3.02. The molecule has 0 bridgehead atoms. The summed E-state index contributed by atoms with van der Waals surface area (Å²) in [6, 6.07) is 5.71. The number of carbonyl (C=O) groups excluding carboxylic acids is 1. The van der Waals surface area contributed by atoms with E-state index in [9.17, 15) is 17.6 Å². The third kappa shape index (κ3) is 4.43. The van der Waals surface area contributed by atoms with Crippen LogP contribution in [0.25, 0.3) is 0 Å². The Bertz CT molecular complexity index is 835. The minimum absolute atomic E-state index is 0.0106. The van der Waals surface area contributed by atoms with Crippen LogP contribution in [-0.2, 0) is 23.6 Å². The van der Waals surface area contributed by atoms with E-state index in [1.165, 1.54) is 28.6 Å².